The molecular weight excluding hydrogens is 215 g/mol. The Kier molecular flexibility index (Phi) is 3.75. The molecule has 0 spiro atoms. The molecule has 94 valence electrons. The molecule has 1 aliphatic heterocycles. The average Bonchev–Trinajstić information content (AvgIpc) is 2.10. The van der Waals surface area contributed by atoms with Crippen molar-refractivity contribution in [3.8, 4) is 0 Å². The van der Waals surface area contributed by atoms with Gasteiger partial charge in [-0.25, -0.2) is 9.18 Å². The van der Waals surface area contributed by atoms with Crippen molar-refractivity contribution in [2.75, 3.05) is 13.1 Å². The van der Waals surface area contributed by atoms with E-state index in [9.17, 15) is 14.3 Å². The Balaban J connectivity index is 2.58. The standard InChI is InChI=1S/C10H19FN2O3/c1-10(2,3)16-9(15)13-4-6(11)8(14)7(12)5-13/h6-8,14H,4-5,12H2,1-3H3. The number of halogens is 1. The maximum Gasteiger partial charge on any atom is 0.410 e. The second-order valence-corrected chi connectivity index (χ2v) is 5.06. The van der Waals surface area contributed by atoms with E-state index in [2.05, 4.69) is 0 Å². The number of rotatable bonds is 0. The third-order valence-corrected chi connectivity index (χ3v) is 2.29. The molecule has 1 saturated heterocycles. The highest BCUT2D eigenvalue weighted by atomic mass is 19.1. The molecule has 1 fully saturated rings. The van der Waals surface area contributed by atoms with E-state index < -0.39 is 30.0 Å². The predicted octanol–water partition coefficient (Wildman–Crippen LogP) is 0.263. The SMILES string of the molecule is CC(C)(C)OC(=O)N1CC(N)C(O)C(F)C1. The van der Waals surface area contributed by atoms with Crippen molar-refractivity contribution in [2.45, 2.75) is 44.7 Å². The fourth-order valence-electron chi connectivity index (χ4n) is 1.50. The van der Waals surface area contributed by atoms with Crippen molar-refractivity contribution >= 4 is 6.09 Å². The molecule has 0 aromatic carbocycles. The number of ether oxygens (including phenoxy) is 1. The highest BCUT2D eigenvalue weighted by molar-refractivity contribution is 5.68. The van der Waals surface area contributed by atoms with Gasteiger partial charge in [-0.3, -0.25) is 0 Å². The summed E-state index contributed by atoms with van der Waals surface area (Å²) in [5.74, 6) is 0. The van der Waals surface area contributed by atoms with Gasteiger partial charge < -0.3 is 20.5 Å². The van der Waals surface area contributed by atoms with Crippen LogP contribution < -0.4 is 5.73 Å². The summed E-state index contributed by atoms with van der Waals surface area (Å²) in [5.41, 5.74) is 4.90. The van der Waals surface area contributed by atoms with Gasteiger partial charge in [-0.15, -0.1) is 0 Å². The molecule has 1 aliphatic rings. The second kappa shape index (κ2) is 4.55. The number of alkyl halides is 1. The normalized spacial score (nSPS) is 31.4. The molecule has 3 N–H and O–H groups in total. The first-order valence-corrected chi connectivity index (χ1v) is 5.26. The smallest absolute Gasteiger partial charge is 0.410 e. The lowest BCUT2D eigenvalue weighted by Crippen LogP contribution is -2.59. The monoisotopic (exact) mass is 234 g/mol. The number of aliphatic hydroxyl groups excluding tert-OH is 1. The van der Waals surface area contributed by atoms with Gasteiger partial charge in [-0.1, -0.05) is 0 Å². The van der Waals surface area contributed by atoms with Crippen LogP contribution in [0.5, 0.6) is 0 Å². The Morgan fingerprint density at radius 2 is 2.06 bits per heavy atom. The van der Waals surface area contributed by atoms with E-state index in [0.717, 1.165) is 0 Å². The zero-order valence-electron chi connectivity index (χ0n) is 9.81. The number of hydrogen-bond acceptors (Lipinski definition) is 4. The molecule has 0 aromatic heterocycles. The molecule has 5 nitrogen and oxygen atoms in total. The largest absolute Gasteiger partial charge is 0.444 e. The zero-order chi connectivity index (χ0) is 12.5. The van der Waals surface area contributed by atoms with Crippen LogP contribution in [0.2, 0.25) is 0 Å². The number of carbonyl (C=O) groups is 1. The Morgan fingerprint density at radius 1 is 1.50 bits per heavy atom. The van der Waals surface area contributed by atoms with Gasteiger partial charge in [0.05, 0.1) is 12.6 Å². The molecule has 16 heavy (non-hydrogen) atoms. The van der Waals surface area contributed by atoms with Gasteiger partial charge in [-0.05, 0) is 20.8 Å². The van der Waals surface area contributed by atoms with Gasteiger partial charge in [0.15, 0.2) is 0 Å². The minimum absolute atomic E-state index is 0.108. The van der Waals surface area contributed by atoms with Crippen molar-refractivity contribution in [1.29, 1.82) is 0 Å². The van der Waals surface area contributed by atoms with Crippen LogP contribution >= 0.6 is 0 Å². The van der Waals surface area contributed by atoms with E-state index in [1.807, 2.05) is 0 Å². The number of likely N-dealkylation sites (tertiary alicyclic amines) is 1. The van der Waals surface area contributed by atoms with E-state index in [1.165, 1.54) is 4.90 Å². The van der Waals surface area contributed by atoms with Crippen molar-refractivity contribution in [3.63, 3.8) is 0 Å². The molecule has 0 aromatic rings. The molecule has 1 heterocycles. The highest BCUT2D eigenvalue weighted by Gasteiger charge is 2.37. The molecule has 6 heteroatoms. The minimum Gasteiger partial charge on any atom is -0.444 e. The first kappa shape index (κ1) is 13.2. The van der Waals surface area contributed by atoms with Crippen molar-refractivity contribution in [2.24, 2.45) is 5.73 Å². The number of carbonyl (C=O) groups excluding carboxylic acids is 1. The Morgan fingerprint density at radius 3 is 2.50 bits per heavy atom. The molecule has 0 saturated carbocycles. The van der Waals surface area contributed by atoms with Crippen molar-refractivity contribution in [3.05, 3.63) is 0 Å². The zero-order valence-corrected chi connectivity index (χ0v) is 9.81. The van der Waals surface area contributed by atoms with Crippen molar-refractivity contribution < 1.29 is 19.0 Å². The number of amides is 1. The predicted molar refractivity (Wildman–Crippen MR) is 56.7 cm³/mol. The topological polar surface area (TPSA) is 75.8 Å². The van der Waals surface area contributed by atoms with E-state index in [0.29, 0.717) is 0 Å². The molecule has 0 radical (unpaired) electrons. The van der Waals surface area contributed by atoms with Crippen LogP contribution in [-0.2, 0) is 4.74 Å². The van der Waals surface area contributed by atoms with E-state index in [1.54, 1.807) is 20.8 Å². The number of nitrogens with zero attached hydrogens (tertiary/aromatic N) is 1. The summed E-state index contributed by atoms with van der Waals surface area (Å²) < 4.78 is 18.4. The summed E-state index contributed by atoms with van der Waals surface area (Å²) >= 11 is 0. The summed E-state index contributed by atoms with van der Waals surface area (Å²) in [4.78, 5) is 12.8. The van der Waals surface area contributed by atoms with Gasteiger partial charge in [0, 0.05) is 6.54 Å². The van der Waals surface area contributed by atoms with Gasteiger partial charge in [0.25, 0.3) is 0 Å². The molecule has 0 bridgehead atoms. The van der Waals surface area contributed by atoms with E-state index >= 15 is 0 Å². The summed E-state index contributed by atoms with van der Waals surface area (Å²) in [7, 11) is 0. The van der Waals surface area contributed by atoms with Crippen LogP contribution in [0.25, 0.3) is 0 Å². The summed E-state index contributed by atoms with van der Waals surface area (Å²) in [5, 5.41) is 9.30. The maximum absolute atomic E-state index is 13.3. The number of piperidine rings is 1. The molecule has 1 amide bonds. The molecular formula is C10H19FN2O3. The molecule has 3 atom stereocenters. The molecule has 1 rings (SSSR count). The van der Waals surface area contributed by atoms with Crippen LogP contribution in [0, 0.1) is 0 Å². The lowest BCUT2D eigenvalue weighted by atomic mass is 10.0. The molecule has 3 unspecified atom stereocenters. The summed E-state index contributed by atoms with van der Waals surface area (Å²) in [6, 6.07) is -0.767. The minimum atomic E-state index is -1.52. The molecule has 0 aliphatic carbocycles. The van der Waals surface area contributed by atoms with Crippen LogP contribution in [0.1, 0.15) is 20.8 Å². The van der Waals surface area contributed by atoms with Gasteiger partial charge in [0.1, 0.15) is 17.9 Å². The lowest BCUT2D eigenvalue weighted by Gasteiger charge is -2.37. The third-order valence-electron chi connectivity index (χ3n) is 2.29. The fraction of sp³-hybridized carbons (Fsp3) is 0.900. The lowest BCUT2D eigenvalue weighted by molar-refractivity contribution is -0.0266. The van der Waals surface area contributed by atoms with E-state index in [4.69, 9.17) is 10.5 Å². The number of nitrogens with two attached hydrogens (primary N) is 1. The Hall–Kier alpha value is -0.880. The fourth-order valence-corrected chi connectivity index (χ4v) is 1.50. The van der Waals surface area contributed by atoms with Gasteiger partial charge >= 0.3 is 6.09 Å². The Labute approximate surface area is 94.4 Å². The second-order valence-electron chi connectivity index (χ2n) is 5.06. The third kappa shape index (κ3) is 3.31. The van der Waals surface area contributed by atoms with Crippen LogP contribution in [0.3, 0.4) is 0 Å². The maximum atomic E-state index is 13.3. The van der Waals surface area contributed by atoms with E-state index in [-0.39, 0.29) is 13.1 Å². The van der Waals surface area contributed by atoms with Gasteiger partial charge in [0.2, 0.25) is 0 Å². The highest BCUT2D eigenvalue weighted by Crippen LogP contribution is 2.17. The van der Waals surface area contributed by atoms with Gasteiger partial charge in [-0.2, -0.15) is 0 Å². The first-order chi connectivity index (χ1) is 7.20. The number of aliphatic hydroxyl groups is 1. The first-order valence-electron chi connectivity index (χ1n) is 5.26. The Bertz CT molecular complexity index is 255. The van der Waals surface area contributed by atoms with Crippen LogP contribution in [-0.4, -0.2) is 53.1 Å². The average molecular weight is 234 g/mol. The quantitative estimate of drug-likeness (QED) is 0.630. The number of hydrogen-bond donors (Lipinski definition) is 2. The van der Waals surface area contributed by atoms with Crippen LogP contribution in [0.4, 0.5) is 9.18 Å². The van der Waals surface area contributed by atoms with Crippen LogP contribution in [0.15, 0.2) is 0 Å². The van der Waals surface area contributed by atoms with Crippen molar-refractivity contribution in [1.82, 2.24) is 4.90 Å². The summed E-state index contributed by atoms with van der Waals surface area (Å²) in [6.45, 7) is 5.13. The summed E-state index contributed by atoms with van der Waals surface area (Å²) in [6.07, 6.45) is -3.33.